The number of carbonyl (C=O) groups is 1. The molecule has 0 aliphatic heterocycles. The molecule has 0 aromatic heterocycles. The Morgan fingerprint density at radius 2 is 2.12 bits per heavy atom. The molecule has 0 bridgehead atoms. The molecule has 1 aromatic rings. The van der Waals surface area contributed by atoms with Crippen LogP contribution in [0.25, 0.3) is 0 Å². The van der Waals surface area contributed by atoms with Crippen molar-refractivity contribution in [3.63, 3.8) is 0 Å². The van der Waals surface area contributed by atoms with Crippen LogP contribution in [0.1, 0.15) is 19.8 Å². The predicted molar refractivity (Wildman–Crippen MR) is 66.4 cm³/mol. The quantitative estimate of drug-likeness (QED) is 0.777. The van der Waals surface area contributed by atoms with Gasteiger partial charge in [-0.05, 0) is 25.5 Å². The van der Waals surface area contributed by atoms with Gasteiger partial charge in [-0.3, -0.25) is 4.79 Å². The molecule has 0 radical (unpaired) electrons. The van der Waals surface area contributed by atoms with E-state index in [-0.39, 0.29) is 5.78 Å². The number of benzene rings is 1. The highest BCUT2D eigenvalue weighted by molar-refractivity contribution is 6.35. The van der Waals surface area contributed by atoms with Gasteiger partial charge in [0.2, 0.25) is 0 Å². The van der Waals surface area contributed by atoms with E-state index in [4.69, 9.17) is 17.3 Å². The minimum Gasteiger partial charge on any atom is -0.397 e. The van der Waals surface area contributed by atoms with E-state index in [9.17, 15) is 4.79 Å². The average Bonchev–Trinajstić information content (AvgIpc) is 2.57. The molecule has 0 fully saturated rings. The summed E-state index contributed by atoms with van der Waals surface area (Å²) < 4.78 is 0. The van der Waals surface area contributed by atoms with E-state index in [0.717, 1.165) is 23.4 Å². The van der Waals surface area contributed by atoms with Crippen LogP contribution in [0, 0.1) is 0 Å². The van der Waals surface area contributed by atoms with E-state index in [2.05, 4.69) is 5.32 Å². The molecule has 1 aliphatic carbocycles. The smallest absolute Gasteiger partial charge is 0.160 e. The number of nitrogen functional groups attached to an aromatic ring is 1. The molecule has 0 amide bonds. The third kappa shape index (κ3) is 1.91. The first-order valence-electron chi connectivity index (χ1n) is 5.13. The van der Waals surface area contributed by atoms with Gasteiger partial charge in [0.15, 0.2) is 5.78 Å². The number of ketones is 1. The SMILES string of the molecule is CC1=C(Nc2cccc(N)c2Cl)CCC1=O. The van der Waals surface area contributed by atoms with Crippen molar-refractivity contribution in [1.82, 2.24) is 0 Å². The van der Waals surface area contributed by atoms with Crippen molar-refractivity contribution in [2.45, 2.75) is 19.8 Å². The maximum Gasteiger partial charge on any atom is 0.160 e. The predicted octanol–water partition coefficient (Wildman–Crippen LogP) is 2.97. The summed E-state index contributed by atoms with van der Waals surface area (Å²) in [5, 5.41) is 3.68. The second-order valence-corrected chi connectivity index (χ2v) is 4.24. The molecular formula is C12H13ClN2O. The Balaban J connectivity index is 2.28. The van der Waals surface area contributed by atoms with E-state index in [1.54, 1.807) is 6.07 Å². The number of allylic oxidation sites excluding steroid dienone is 2. The molecule has 0 spiro atoms. The largest absolute Gasteiger partial charge is 0.397 e. The number of nitrogens with two attached hydrogens (primary N) is 1. The molecule has 1 aliphatic rings. The first-order chi connectivity index (χ1) is 7.59. The highest BCUT2D eigenvalue weighted by Crippen LogP contribution is 2.31. The van der Waals surface area contributed by atoms with Gasteiger partial charge in [-0.1, -0.05) is 17.7 Å². The molecule has 3 nitrogen and oxygen atoms in total. The molecule has 3 N–H and O–H groups in total. The standard InChI is InChI=1S/C12H13ClN2O/c1-7-9(5-6-11(7)16)15-10-4-2-3-8(14)12(10)13/h2-4,15H,5-6,14H2,1H3. The Bertz CT molecular complexity index is 480. The van der Waals surface area contributed by atoms with Crippen molar-refractivity contribution in [1.29, 1.82) is 0 Å². The summed E-state index contributed by atoms with van der Waals surface area (Å²) in [6, 6.07) is 5.42. The summed E-state index contributed by atoms with van der Waals surface area (Å²) in [6.45, 7) is 1.83. The fourth-order valence-electron chi connectivity index (χ4n) is 1.75. The fraction of sp³-hybridized carbons (Fsp3) is 0.250. The van der Waals surface area contributed by atoms with Crippen LogP contribution in [-0.2, 0) is 4.79 Å². The van der Waals surface area contributed by atoms with Gasteiger partial charge in [-0.2, -0.15) is 0 Å². The summed E-state index contributed by atoms with van der Waals surface area (Å²) in [5.41, 5.74) is 8.73. The lowest BCUT2D eigenvalue weighted by Crippen LogP contribution is -2.01. The Morgan fingerprint density at radius 1 is 1.38 bits per heavy atom. The summed E-state index contributed by atoms with van der Waals surface area (Å²) in [4.78, 5) is 11.4. The van der Waals surface area contributed by atoms with Crippen LogP contribution in [0.4, 0.5) is 11.4 Å². The average molecular weight is 237 g/mol. The van der Waals surface area contributed by atoms with Crippen LogP contribution >= 0.6 is 11.6 Å². The fourth-order valence-corrected chi connectivity index (χ4v) is 1.92. The summed E-state index contributed by atoms with van der Waals surface area (Å²) in [6.07, 6.45) is 1.32. The number of halogens is 1. The topological polar surface area (TPSA) is 55.1 Å². The van der Waals surface area contributed by atoms with Crippen molar-refractivity contribution in [3.05, 3.63) is 34.5 Å². The number of Topliss-reactive ketones (excluding diaryl/α,β-unsaturated/α-hetero) is 1. The van der Waals surface area contributed by atoms with Crippen molar-refractivity contribution < 1.29 is 4.79 Å². The molecule has 1 aromatic carbocycles. The highest BCUT2D eigenvalue weighted by Gasteiger charge is 2.19. The first-order valence-corrected chi connectivity index (χ1v) is 5.51. The van der Waals surface area contributed by atoms with E-state index in [1.807, 2.05) is 19.1 Å². The molecule has 2 rings (SSSR count). The number of rotatable bonds is 2. The van der Waals surface area contributed by atoms with Crippen molar-refractivity contribution in [3.8, 4) is 0 Å². The third-order valence-electron chi connectivity index (χ3n) is 2.79. The third-order valence-corrected chi connectivity index (χ3v) is 3.21. The number of anilines is 2. The monoisotopic (exact) mass is 236 g/mol. The van der Waals surface area contributed by atoms with Crippen LogP contribution in [-0.4, -0.2) is 5.78 Å². The summed E-state index contributed by atoms with van der Waals surface area (Å²) in [7, 11) is 0. The zero-order valence-corrected chi connectivity index (χ0v) is 9.77. The van der Waals surface area contributed by atoms with Gasteiger partial charge in [0.1, 0.15) is 0 Å². The maximum atomic E-state index is 11.4. The highest BCUT2D eigenvalue weighted by atomic mass is 35.5. The van der Waals surface area contributed by atoms with Gasteiger partial charge in [-0.15, -0.1) is 0 Å². The minimum atomic E-state index is 0.197. The van der Waals surface area contributed by atoms with E-state index >= 15 is 0 Å². The van der Waals surface area contributed by atoms with Crippen LogP contribution < -0.4 is 11.1 Å². The number of hydrogen-bond donors (Lipinski definition) is 2. The normalized spacial score (nSPS) is 15.8. The Hall–Kier alpha value is -1.48. The zero-order chi connectivity index (χ0) is 11.7. The molecule has 0 saturated carbocycles. The number of carbonyl (C=O) groups excluding carboxylic acids is 1. The van der Waals surface area contributed by atoms with E-state index in [0.29, 0.717) is 17.1 Å². The number of nitrogens with one attached hydrogen (secondary N) is 1. The molecule has 0 unspecified atom stereocenters. The van der Waals surface area contributed by atoms with Gasteiger partial charge >= 0.3 is 0 Å². The lowest BCUT2D eigenvalue weighted by Gasteiger charge is -2.11. The van der Waals surface area contributed by atoms with Crippen LogP contribution in [0.3, 0.4) is 0 Å². The summed E-state index contributed by atoms with van der Waals surface area (Å²) in [5.74, 6) is 0.197. The molecule has 4 heteroatoms. The van der Waals surface area contributed by atoms with Gasteiger partial charge in [0.25, 0.3) is 0 Å². The molecule has 16 heavy (non-hydrogen) atoms. The van der Waals surface area contributed by atoms with Crippen LogP contribution in [0.2, 0.25) is 5.02 Å². The lowest BCUT2D eigenvalue weighted by atomic mass is 10.2. The Morgan fingerprint density at radius 3 is 2.75 bits per heavy atom. The maximum absolute atomic E-state index is 11.4. The number of hydrogen-bond acceptors (Lipinski definition) is 3. The molecule has 84 valence electrons. The molecule has 0 saturated heterocycles. The molecule has 0 heterocycles. The van der Waals surface area contributed by atoms with E-state index < -0.39 is 0 Å². The van der Waals surface area contributed by atoms with Gasteiger partial charge in [0, 0.05) is 17.7 Å². The van der Waals surface area contributed by atoms with Crippen LogP contribution in [0.5, 0.6) is 0 Å². The Kier molecular flexibility index (Phi) is 2.88. The molecular weight excluding hydrogens is 224 g/mol. The summed E-state index contributed by atoms with van der Waals surface area (Å²) >= 11 is 6.06. The first kappa shape index (κ1) is 11.0. The van der Waals surface area contributed by atoms with Gasteiger partial charge in [-0.25, -0.2) is 0 Å². The second-order valence-electron chi connectivity index (χ2n) is 3.86. The zero-order valence-electron chi connectivity index (χ0n) is 9.01. The van der Waals surface area contributed by atoms with Crippen molar-refractivity contribution in [2.24, 2.45) is 0 Å². The Labute approximate surface area is 99.3 Å². The van der Waals surface area contributed by atoms with Crippen LogP contribution in [0.15, 0.2) is 29.5 Å². The van der Waals surface area contributed by atoms with Gasteiger partial charge < -0.3 is 11.1 Å². The van der Waals surface area contributed by atoms with Crippen molar-refractivity contribution in [2.75, 3.05) is 11.1 Å². The molecule has 0 atom stereocenters. The van der Waals surface area contributed by atoms with Gasteiger partial charge in [0.05, 0.1) is 16.4 Å². The second kappa shape index (κ2) is 4.18. The van der Waals surface area contributed by atoms with E-state index in [1.165, 1.54) is 0 Å². The lowest BCUT2D eigenvalue weighted by molar-refractivity contribution is -0.114. The minimum absolute atomic E-state index is 0.197. The van der Waals surface area contributed by atoms with Crippen molar-refractivity contribution >= 4 is 28.8 Å².